The van der Waals surface area contributed by atoms with Gasteiger partial charge in [0.05, 0.1) is 18.7 Å². The molecule has 344 valence electrons. The third kappa shape index (κ3) is 21.9. The molecule has 0 fully saturated rings. The van der Waals surface area contributed by atoms with E-state index in [1.165, 1.54) is 13.8 Å². The zero-order chi connectivity index (χ0) is 46.1. The number of aliphatic hydroxyl groups excluding tert-OH is 1. The molecule has 9 atom stereocenters. The quantitative estimate of drug-likeness (QED) is 0.0300. The van der Waals surface area contributed by atoms with E-state index in [4.69, 9.17) is 22.9 Å². The second-order valence-electron chi connectivity index (χ2n) is 15.4. The van der Waals surface area contributed by atoms with Crippen LogP contribution in [0.2, 0.25) is 0 Å². The van der Waals surface area contributed by atoms with E-state index in [1.54, 1.807) is 6.92 Å². The Labute approximate surface area is 351 Å². The maximum atomic E-state index is 13.8. The molecule has 0 saturated heterocycles. The van der Waals surface area contributed by atoms with Crippen LogP contribution in [-0.2, 0) is 43.2 Å². The Morgan fingerprint density at radius 2 is 1.03 bits per heavy atom. The number of aliphatic carboxylic acids is 1. The zero-order valence-electron chi connectivity index (χ0n) is 35.8. The lowest BCUT2D eigenvalue weighted by atomic mass is 9.97. The summed E-state index contributed by atoms with van der Waals surface area (Å²) >= 11 is 0. The minimum atomic E-state index is -1.52. The first-order chi connectivity index (χ1) is 28.1. The van der Waals surface area contributed by atoms with Crippen LogP contribution in [0.5, 0.6) is 0 Å². The number of nitrogens with one attached hydrogen (secondary N) is 7. The van der Waals surface area contributed by atoms with E-state index in [-0.39, 0.29) is 44.2 Å². The molecule has 0 saturated carbocycles. The van der Waals surface area contributed by atoms with Gasteiger partial charge in [0.25, 0.3) is 0 Å². The summed E-state index contributed by atoms with van der Waals surface area (Å²) in [7, 11) is 0. The number of rotatable bonds is 31. The van der Waals surface area contributed by atoms with Gasteiger partial charge in [-0.15, -0.1) is 0 Å². The minimum absolute atomic E-state index is 0.0216. The van der Waals surface area contributed by atoms with Crippen LogP contribution in [0.4, 0.5) is 0 Å². The highest BCUT2D eigenvalue weighted by atomic mass is 16.4. The molecule has 0 unspecified atom stereocenters. The summed E-state index contributed by atoms with van der Waals surface area (Å²) < 4.78 is 0. The molecule has 0 aromatic carbocycles. The largest absolute Gasteiger partial charge is 0.481 e. The topological polar surface area (TPSA) is 382 Å². The van der Waals surface area contributed by atoms with Gasteiger partial charge < -0.3 is 70.4 Å². The van der Waals surface area contributed by atoms with E-state index in [9.17, 15) is 53.4 Å². The monoisotopic (exact) mass is 858 g/mol. The number of primary amides is 1. The maximum Gasteiger partial charge on any atom is 0.303 e. The van der Waals surface area contributed by atoms with Gasteiger partial charge in [0.2, 0.25) is 47.3 Å². The van der Waals surface area contributed by atoms with Gasteiger partial charge in [-0.25, -0.2) is 0 Å². The Hall–Kier alpha value is -4.93. The molecule has 8 amide bonds. The SMILES string of the molecule is CC[C@H](C)[C@H](NC(=O)[C@H](CC(C)C)NC(=O)[C@H](CCCCN)NC(=O)[C@H](CCC(=O)O)NC(=O)[C@H](CCCCN)NC(=O)CNC(=O)[C@@H](NC(=O)[C@H](C)N)[C@@H](C)O)C(N)=O. The van der Waals surface area contributed by atoms with E-state index in [1.807, 2.05) is 20.8 Å². The van der Waals surface area contributed by atoms with E-state index in [0.717, 1.165) is 0 Å². The summed E-state index contributed by atoms with van der Waals surface area (Å²) in [4.78, 5) is 116. The average Bonchev–Trinajstić information content (AvgIpc) is 3.17. The molecule has 0 bridgehead atoms. The number of nitrogens with two attached hydrogens (primary N) is 4. The molecule has 0 aromatic rings. The fraction of sp³-hybridized carbons (Fsp3) is 0.763. The highest BCUT2D eigenvalue weighted by Crippen LogP contribution is 2.12. The van der Waals surface area contributed by atoms with Gasteiger partial charge in [-0.05, 0) is 90.1 Å². The molecular formula is C38H71N11O11. The van der Waals surface area contributed by atoms with Crippen molar-refractivity contribution < 1.29 is 53.4 Å². The number of aliphatic hydroxyl groups is 1. The molecule has 0 spiro atoms. The molecule has 0 aliphatic carbocycles. The predicted octanol–water partition coefficient (Wildman–Crippen LogP) is -3.56. The second kappa shape index (κ2) is 29.3. The molecule has 0 radical (unpaired) electrons. The van der Waals surface area contributed by atoms with Crippen LogP contribution >= 0.6 is 0 Å². The van der Waals surface area contributed by atoms with E-state index in [0.29, 0.717) is 32.1 Å². The van der Waals surface area contributed by atoms with Gasteiger partial charge in [-0.3, -0.25) is 43.2 Å². The van der Waals surface area contributed by atoms with Crippen molar-refractivity contribution in [2.75, 3.05) is 19.6 Å². The number of carbonyl (C=O) groups excluding carboxylic acids is 8. The van der Waals surface area contributed by atoms with Crippen LogP contribution in [0.3, 0.4) is 0 Å². The van der Waals surface area contributed by atoms with Crippen molar-refractivity contribution in [1.82, 2.24) is 37.2 Å². The predicted molar refractivity (Wildman–Crippen MR) is 221 cm³/mol. The van der Waals surface area contributed by atoms with Crippen molar-refractivity contribution in [2.24, 2.45) is 34.8 Å². The Morgan fingerprint density at radius 3 is 1.45 bits per heavy atom. The summed E-state index contributed by atoms with van der Waals surface area (Å²) in [5.41, 5.74) is 22.4. The lowest BCUT2D eigenvalue weighted by molar-refractivity contribution is -0.138. The molecule has 0 aliphatic rings. The summed E-state index contributed by atoms with van der Waals surface area (Å²) in [5.74, 6) is -8.14. The van der Waals surface area contributed by atoms with E-state index in [2.05, 4.69) is 37.2 Å². The van der Waals surface area contributed by atoms with Gasteiger partial charge >= 0.3 is 5.97 Å². The van der Waals surface area contributed by atoms with Gasteiger partial charge in [0, 0.05) is 6.42 Å². The first-order valence-corrected chi connectivity index (χ1v) is 20.5. The molecule has 22 heteroatoms. The summed E-state index contributed by atoms with van der Waals surface area (Å²) in [6.45, 7) is 9.68. The van der Waals surface area contributed by atoms with Crippen molar-refractivity contribution >= 4 is 53.2 Å². The van der Waals surface area contributed by atoms with Crippen LogP contribution in [0, 0.1) is 11.8 Å². The third-order valence-corrected chi connectivity index (χ3v) is 9.52. The first-order valence-electron chi connectivity index (χ1n) is 20.5. The molecule has 0 rings (SSSR count). The number of amides is 8. The smallest absolute Gasteiger partial charge is 0.303 e. The Kier molecular flexibility index (Phi) is 26.9. The lowest BCUT2D eigenvalue weighted by Crippen LogP contribution is -2.60. The molecular weight excluding hydrogens is 786 g/mol. The minimum Gasteiger partial charge on any atom is -0.481 e. The molecule has 22 nitrogen and oxygen atoms in total. The maximum absolute atomic E-state index is 13.8. The van der Waals surface area contributed by atoms with Gasteiger partial charge in [0.1, 0.15) is 36.3 Å². The highest BCUT2D eigenvalue weighted by Gasteiger charge is 2.34. The van der Waals surface area contributed by atoms with Crippen LogP contribution in [0.1, 0.15) is 106 Å². The van der Waals surface area contributed by atoms with E-state index < -0.39 is 121 Å². The number of carboxylic acids is 1. The number of unbranched alkanes of at least 4 members (excludes halogenated alkanes) is 2. The molecule has 60 heavy (non-hydrogen) atoms. The fourth-order valence-electron chi connectivity index (χ4n) is 5.78. The third-order valence-electron chi connectivity index (χ3n) is 9.52. The number of carboxylic acid groups (broad SMARTS) is 1. The van der Waals surface area contributed by atoms with Gasteiger partial charge in [0.15, 0.2) is 0 Å². The van der Waals surface area contributed by atoms with Gasteiger partial charge in [-0.2, -0.15) is 0 Å². The van der Waals surface area contributed by atoms with Crippen LogP contribution in [-0.4, -0.2) is 131 Å². The van der Waals surface area contributed by atoms with Crippen molar-refractivity contribution in [2.45, 2.75) is 154 Å². The van der Waals surface area contributed by atoms with Crippen molar-refractivity contribution in [3.05, 3.63) is 0 Å². The number of hydrogen-bond donors (Lipinski definition) is 13. The number of carbonyl (C=O) groups is 9. The molecule has 0 aliphatic heterocycles. The summed E-state index contributed by atoms with van der Waals surface area (Å²) in [6.07, 6.45) is 0.0410. The highest BCUT2D eigenvalue weighted by molar-refractivity contribution is 5.97. The zero-order valence-corrected chi connectivity index (χ0v) is 35.8. The van der Waals surface area contributed by atoms with Crippen LogP contribution in [0.15, 0.2) is 0 Å². The van der Waals surface area contributed by atoms with Crippen molar-refractivity contribution in [1.29, 1.82) is 0 Å². The van der Waals surface area contributed by atoms with Crippen LogP contribution in [0.25, 0.3) is 0 Å². The lowest BCUT2D eigenvalue weighted by Gasteiger charge is -2.28. The van der Waals surface area contributed by atoms with Crippen molar-refractivity contribution in [3.8, 4) is 0 Å². The van der Waals surface area contributed by atoms with E-state index >= 15 is 0 Å². The molecule has 17 N–H and O–H groups in total. The Bertz CT molecular complexity index is 1430. The average molecular weight is 858 g/mol. The standard InChI is InChI=1S/C38H71N11O11/c1-7-21(4)30(32(42)54)48-37(59)27(18-20(2)3)47-35(57)25(13-9-11-17-40)45-36(58)26(14-15-29(52)53)46-34(56)24(12-8-10-16-39)44-28(51)19-43-38(60)31(23(6)50)49-33(55)22(5)41/h20-27,30-31,50H,7-19,39-41H2,1-6H3,(H2,42,54)(H,43,60)(H,44,51)(H,45,58)(H,46,56)(H,47,57)(H,48,59)(H,49,55)(H,52,53)/t21-,22-,23+,24-,25-,26-,27-,30-,31-/m0/s1. The second-order valence-corrected chi connectivity index (χ2v) is 15.4. The first kappa shape index (κ1) is 55.1. The normalized spacial score (nSPS) is 15.7. The summed E-state index contributed by atoms with van der Waals surface area (Å²) in [6, 6.07) is -8.67. The van der Waals surface area contributed by atoms with Gasteiger partial charge in [-0.1, -0.05) is 34.1 Å². The number of hydrogen-bond acceptors (Lipinski definition) is 13. The van der Waals surface area contributed by atoms with Crippen LogP contribution < -0.4 is 60.2 Å². The molecule has 0 aromatic heterocycles. The summed E-state index contributed by atoms with van der Waals surface area (Å²) in [5, 5.41) is 36.9. The fourth-order valence-corrected chi connectivity index (χ4v) is 5.78. The molecule has 0 heterocycles. The Balaban J connectivity index is 6.32. The van der Waals surface area contributed by atoms with Crippen molar-refractivity contribution in [3.63, 3.8) is 0 Å². The Morgan fingerprint density at radius 1 is 0.583 bits per heavy atom.